The quantitative estimate of drug-likeness (QED) is 0.750. The first-order valence-corrected chi connectivity index (χ1v) is 8.51. The zero-order valence-corrected chi connectivity index (χ0v) is 13.6. The number of nitrogens with one attached hydrogen (secondary N) is 2. The van der Waals surface area contributed by atoms with Crippen molar-refractivity contribution in [3.05, 3.63) is 54.4 Å². The molecule has 3 aromatic rings. The smallest absolute Gasteiger partial charge is 0.308 e. The van der Waals surface area contributed by atoms with Gasteiger partial charge in [-0.2, -0.15) is 0 Å². The Morgan fingerprint density at radius 3 is 2.46 bits per heavy atom. The Bertz CT molecular complexity index is 843. The molecule has 1 aliphatic rings. The Morgan fingerprint density at radius 2 is 1.75 bits per heavy atom. The summed E-state index contributed by atoms with van der Waals surface area (Å²) in [6.45, 7) is 0. The van der Waals surface area contributed by atoms with Gasteiger partial charge in [-0.25, -0.2) is 4.79 Å². The Hall–Kier alpha value is -2.80. The molecule has 2 N–H and O–H groups in total. The zero-order valence-electron chi connectivity index (χ0n) is 12.8. The molecule has 0 spiro atoms. The first kappa shape index (κ1) is 14.8. The van der Waals surface area contributed by atoms with Crippen LogP contribution in [0.25, 0.3) is 10.6 Å². The van der Waals surface area contributed by atoms with E-state index in [4.69, 9.17) is 0 Å². The second kappa shape index (κ2) is 6.37. The van der Waals surface area contributed by atoms with Gasteiger partial charge in [0, 0.05) is 23.6 Å². The number of carbonyl (C=O) groups excluding carboxylic acids is 1. The van der Waals surface area contributed by atoms with E-state index in [-0.39, 0.29) is 6.03 Å². The summed E-state index contributed by atoms with van der Waals surface area (Å²) in [6.07, 6.45) is 5.93. The van der Waals surface area contributed by atoms with Crippen LogP contribution in [0.4, 0.5) is 15.6 Å². The van der Waals surface area contributed by atoms with Crippen LogP contribution in [0.3, 0.4) is 0 Å². The van der Waals surface area contributed by atoms with E-state index in [1.807, 2.05) is 24.3 Å². The summed E-state index contributed by atoms with van der Waals surface area (Å²) in [4.78, 5) is 16.0. The molecule has 0 saturated heterocycles. The van der Waals surface area contributed by atoms with Crippen LogP contribution in [0, 0.1) is 0 Å². The van der Waals surface area contributed by atoms with E-state index in [1.165, 1.54) is 29.7 Å². The average molecular weight is 337 g/mol. The fourth-order valence-electron chi connectivity index (χ4n) is 2.40. The van der Waals surface area contributed by atoms with Crippen molar-refractivity contribution in [2.75, 3.05) is 10.6 Å². The summed E-state index contributed by atoms with van der Waals surface area (Å²) < 4.78 is 0. The minimum atomic E-state index is -0.327. The van der Waals surface area contributed by atoms with Crippen molar-refractivity contribution in [1.29, 1.82) is 0 Å². The molecule has 4 rings (SSSR count). The molecule has 0 aliphatic heterocycles. The fourth-order valence-corrected chi connectivity index (χ4v) is 3.14. The van der Waals surface area contributed by atoms with Crippen LogP contribution in [0.15, 0.2) is 48.8 Å². The van der Waals surface area contributed by atoms with Gasteiger partial charge in [-0.15, -0.1) is 10.2 Å². The maximum absolute atomic E-state index is 12.1. The number of hydrogen-bond donors (Lipinski definition) is 2. The van der Waals surface area contributed by atoms with Gasteiger partial charge in [-0.05, 0) is 48.6 Å². The van der Waals surface area contributed by atoms with Crippen LogP contribution in [-0.4, -0.2) is 21.2 Å². The molecule has 1 fully saturated rings. The van der Waals surface area contributed by atoms with Crippen molar-refractivity contribution in [2.45, 2.75) is 18.8 Å². The molecule has 1 aromatic carbocycles. The molecule has 2 heterocycles. The third kappa shape index (κ3) is 3.41. The van der Waals surface area contributed by atoms with E-state index < -0.39 is 0 Å². The molecule has 0 unspecified atom stereocenters. The number of carbonyl (C=O) groups is 1. The van der Waals surface area contributed by atoms with Crippen molar-refractivity contribution in [2.24, 2.45) is 0 Å². The second-order valence-corrected chi connectivity index (χ2v) is 6.60. The summed E-state index contributed by atoms with van der Waals surface area (Å²) in [7, 11) is 0. The fraction of sp³-hybridized carbons (Fsp3) is 0.176. The number of hydrogen-bond acceptors (Lipinski definition) is 5. The predicted octanol–water partition coefficient (Wildman–Crippen LogP) is 4.12. The minimum Gasteiger partial charge on any atom is -0.308 e. The minimum absolute atomic E-state index is 0.327. The van der Waals surface area contributed by atoms with Crippen molar-refractivity contribution in [3.8, 4) is 10.6 Å². The maximum atomic E-state index is 12.1. The molecule has 2 amide bonds. The number of anilines is 2. The van der Waals surface area contributed by atoms with Crippen LogP contribution >= 0.6 is 11.3 Å². The molecule has 7 heteroatoms. The number of pyridine rings is 1. The highest BCUT2D eigenvalue weighted by Gasteiger charge is 2.23. The molecule has 2 aromatic heterocycles. The molecule has 24 heavy (non-hydrogen) atoms. The molecular formula is C17H15N5OS. The van der Waals surface area contributed by atoms with E-state index in [0.717, 1.165) is 16.3 Å². The van der Waals surface area contributed by atoms with E-state index in [2.05, 4.69) is 37.9 Å². The molecule has 0 atom stereocenters. The first-order chi connectivity index (χ1) is 11.8. The first-order valence-electron chi connectivity index (χ1n) is 7.70. The lowest BCUT2D eigenvalue weighted by Crippen LogP contribution is -2.19. The van der Waals surface area contributed by atoms with Gasteiger partial charge in [-0.3, -0.25) is 10.3 Å². The number of aromatic nitrogens is 3. The molecule has 120 valence electrons. The van der Waals surface area contributed by atoms with E-state index in [0.29, 0.717) is 11.0 Å². The van der Waals surface area contributed by atoms with Crippen LogP contribution in [-0.2, 0) is 0 Å². The van der Waals surface area contributed by atoms with Gasteiger partial charge in [0.1, 0.15) is 5.01 Å². The summed E-state index contributed by atoms with van der Waals surface area (Å²) in [5.41, 5.74) is 3.02. The Kier molecular flexibility index (Phi) is 3.92. The highest BCUT2D eigenvalue weighted by molar-refractivity contribution is 7.18. The number of benzene rings is 1. The van der Waals surface area contributed by atoms with Crippen LogP contribution in [0.5, 0.6) is 0 Å². The van der Waals surface area contributed by atoms with Gasteiger partial charge in [0.05, 0.1) is 0 Å². The van der Waals surface area contributed by atoms with Gasteiger partial charge in [-0.1, -0.05) is 23.5 Å². The van der Waals surface area contributed by atoms with Crippen molar-refractivity contribution in [3.63, 3.8) is 0 Å². The van der Waals surface area contributed by atoms with Gasteiger partial charge >= 0.3 is 6.03 Å². The second-order valence-electron chi connectivity index (χ2n) is 5.62. The molecular weight excluding hydrogens is 322 g/mol. The molecule has 6 nitrogen and oxygen atoms in total. The van der Waals surface area contributed by atoms with Crippen molar-refractivity contribution in [1.82, 2.24) is 15.2 Å². The Labute approximate surface area is 143 Å². The van der Waals surface area contributed by atoms with Crippen molar-refractivity contribution < 1.29 is 4.79 Å². The summed E-state index contributed by atoms with van der Waals surface area (Å²) in [5.74, 6) is 0.709. The number of nitrogens with zero attached hydrogens (tertiary/aromatic N) is 3. The van der Waals surface area contributed by atoms with Gasteiger partial charge < -0.3 is 5.32 Å². The third-order valence-electron chi connectivity index (χ3n) is 3.79. The summed E-state index contributed by atoms with van der Waals surface area (Å²) in [5, 5.41) is 14.8. The topological polar surface area (TPSA) is 79.8 Å². The predicted molar refractivity (Wildman–Crippen MR) is 94.2 cm³/mol. The molecule has 0 radical (unpaired) electrons. The monoisotopic (exact) mass is 337 g/mol. The average Bonchev–Trinajstić information content (AvgIpc) is 3.36. The zero-order chi connectivity index (χ0) is 16.4. The van der Waals surface area contributed by atoms with Gasteiger partial charge in [0.25, 0.3) is 0 Å². The SMILES string of the molecule is O=C(Nc1ccc(C2CC2)cc1)Nc1nnc(-c2ccncc2)s1. The third-order valence-corrected chi connectivity index (χ3v) is 4.68. The summed E-state index contributed by atoms with van der Waals surface area (Å²) >= 11 is 1.32. The highest BCUT2D eigenvalue weighted by Crippen LogP contribution is 2.40. The van der Waals surface area contributed by atoms with Crippen LogP contribution in [0.2, 0.25) is 0 Å². The maximum Gasteiger partial charge on any atom is 0.325 e. The molecule has 1 aliphatic carbocycles. The van der Waals surface area contributed by atoms with Gasteiger partial charge in [0.2, 0.25) is 5.13 Å². The largest absolute Gasteiger partial charge is 0.325 e. The normalized spacial score (nSPS) is 13.5. The van der Waals surface area contributed by atoms with Crippen molar-refractivity contribution >= 4 is 28.2 Å². The molecule has 1 saturated carbocycles. The summed E-state index contributed by atoms with van der Waals surface area (Å²) in [6, 6.07) is 11.4. The lowest BCUT2D eigenvalue weighted by atomic mass is 10.1. The number of rotatable bonds is 4. The Balaban J connectivity index is 1.38. The molecule has 0 bridgehead atoms. The lowest BCUT2D eigenvalue weighted by Gasteiger charge is -2.06. The Morgan fingerprint density at radius 1 is 1.00 bits per heavy atom. The highest BCUT2D eigenvalue weighted by atomic mass is 32.1. The number of urea groups is 1. The van der Waals surface area contributed by atoms with E-state index in [1.54, 1.807) is 12.4 Å². The van der Waals surface area contributed by atoms with E-state index in [9.17, 15) is 4.79 Å². The lowest BCUT2D eigenvalue weighted by molar-refractivity contribution is 0.262. The standard InChI is InChI=1S/C17H15N5OS/c23-16(19-14-5-3-12(4-6-14)11-1-2-11)20-17-22-21-15(24-17)13-7-9-18-10-8-13/h3-11H,1-2H2,(H2,19,20,22,23). The van der Waals surface area contributed by atoms with Crippen LogP contribution in [0.1, 0.15) is 24.3 Å². The van der Waals surface area contributed by atoms with Gasteiger partial charge in [0.15, 0.2) is 0 Å². The number of amides is 2. The van der Waals surface area contributed by atoms with E-state index >= 15 is 0 Å². The van der Waals surface area contributed by atoms with Crippen LogP contribution < -0.4 is 10.6 Å².